The number of benzene rings is 1. The maximum Gasteiger partial charge on any atom is 0.262 e. The average Bonchev–Trinajstić information content (AvgIpc) is 3.45. The van der Waals surface area contributed by atoms with E-state index in [1.807, 2.05) is 56.3 Å². The number of thiophene rings is 1. The topological polar surface area (TPSA) is 90.1 Å². The van der Waals surface area contributed by atoms with Gasteiger partial charge in [0.05, 0.1) is 4.88 Å². The second-order valence-corrected chi connectivity index (χ2v) is 8.69. The number of rotatable bonds is 5. The Hall–Kier alpha value is -3.52. The number of pyridine rings is 1. The molecule has 5 rings (SSSR count). The third-order valence-corrected chi connectivity index (χ3v) is 6.36. The molecule has 31 heavy (non-hydrogen) atoms. The molecule has 4 heterocycles. The highest BCUT2D eigenvalue weighted by atomic mass is 32.1. The number of fused-ring (bicyclic) bond motifs is 3. The molecule has 1 aromatic carbocycles. The molecule has 7 nitrogen and oxygen atoms in total. The summed E-state index contributed by atoms with van der Waals surface area (Å²) in [5, 5.41) is 7.14. The molecular weight excluding hydrogens is 412 g/mol. The number of hydrogen-bond acceptors (Lipinski definition) is 7. The van der Waals surface area contributed by atoms with E-state index in [9.17, 15) is 4.79 Å². The number of aromatic nitrogens is 3. The van der Waals surface area contributed by atoms with E-state index in [1.165, 1.54) is 11.3 Å². The molecule has 1 aliphatic rings. The van der Waals surface area contributed by atoms with Crippen LogP contribution >= 0.6 is 11.3 Å². The summed E-state index contributed by atoms with van der Waals surface area (Å²) < 4.78 is 11.3. The molecule has 0 saturated carbocycles. The molecule has 0 bridgehead atoms. The van der Waals surface area contributed by atoms with Crippen molar-refractivity contribution in [3.05, 3.63) is 71.2 Å². The zero-order chi connectivity index (χ0) is 21.4. The van der Waals surface area contributed by atoms with Crippen molar-refractivity contribution in [1.29, 1.82) is 0 Å². The van der Waals surface area contributed by atoms with Gasteiger partial charge in [0.15, 0.2) is 0 Å². The molecule has 0 spiro atoms. The number of para-hydroxylation sites is 1. The van der Waals surface area contributed by atoms with Crippen LogP contribution < -0.4 is 10.1 Å². The van der Waals surface area contributed by atoms with Crippen LogP contribution in [0.15, 0.2) is 59.4 Å². The van der Waals surface area contributed by atoms with Crippen molar-refractivity contribution < 1.29 is 14.1 Å². The molecule has 0 saturated heterocycles. The number of ether oxygens (including phenoxy) is 1. The van der Waals surface area contributed by atoms with E-state index in [0.29, 0.717) is 23.2 Å². The highest BCUT2D eigenvalue weighted by Crippen LogP contribution is 2.42. The standard InChI is InChI=1S/C23H20N4O3S/c1-13(2)19(23-26-21(27-30-23)14-7-9-24-10-8-14)25-22(28)18-11-15-12-29-17-6-4-3-5-16(17)20(15)31-18/h3-11,13,19H,12H2,1-2H3,(H,25,28). The van der Waals surface area contributed by atoms with Gasteiger partial charge in [-0.25, -0.2) is 0 Å². The van der Waals surface area contributed by atoms with Gasteiger partial charge in [0, 0.05) is 34.0 Å². The van der Waals surface area contributed by atoms with E-state index in [4.69, 9.17) is 9.26 Å². The fourth-order valence-electron chi connectivity index (χ4n) is 3.52. The average molecular weight is 433 g/mol. The van der Waals surface area contributed by atoms with E-state index in [2.05, 4.69) is 20.4 Å². The lowest BCUT2D eigenvalue weighted by Gasteiger charge is -2.18. The third kappa shape index (κ3) is 3.70. The lowest BCUT2D eigenvalue weighted by Crippen LogP contribution is -2.31. The fourth-order valence-corrected chi connectivity index (χ4v) is 4.62. The first-order valence-corrected chi connectivity index (χ1v) is 10.8. The SMILES string of the molecule is CC(C)C(NC(=O)c1cc2c(s1)-c1ccccc1OC2)c1nc(-c2ccncc2)no1. The van der Waals surface area contributed by atoms with Gasteiger partial charge < -0.3 is 14.6 Å². The van der Waals surface area contributed by atoms with E-state index in [-0.39, 0.29) is 11.8 Å². The van der Waals surface area contributed by atoms with Gasteiger partial charge in [-0.15, -0.1) is 11.3 Å². The molecule has 0 radical (unpaired) electrons. The minimum Gasteiger partial charge on any atom is -0.488 e. The van der Waals surface area contributed by atoms with Gasteiger partial charge in [0.25, 0.3) is 5.91 Å². The van der Waals surface area contributed by atoms with E-state index in [0.717, 1.165) is 27.3 Å². The van der Waals surface area contributed by atoms with Crippen LogP contribution in [0, 0.1) is 5.92 Å². The molecular formula is C23H20N4O3S. The van der Waals surface area contributed by atoms with E-state index in [1.54, 1.807) is 12.4 Å². The summed E-state index contributed by atoms with van der Waals surface area (Å²) >= 11 is 1.47. The molecule has 8 heteroatoms. The number of nitrogens with one attached hydrogen (secondary N) is 1. The molecule has 0 fully saturated rings. The lowest BCUT2D eigenvalue weighted by molar-refractivity contribution is 0.0918. The van der Waals surface area contributed by atoms with E-state index >= 15 is 0 Å². The summed E-state index contributed by atoms with van der Waals surface area (Å²) in [5.41, 5.74) is 2.85. The zero-order valence-corrected chi connectivity index (χ0v) is 17.8. The summed E-state index contributed by atoms with van der Waals surface area (Å²) in [5.74, 6) is 1.59. The Balaban J connectivity index is 1.39. The van der Waals surface area contributed by atoms with Crippen LogP contribution in [-0.4, -0.2) is 21.0 Å². The normalized spacial score (nSPS) is 13.3. The van der Waals surface area contributed by atoms with Crippen LogP contribution in [0.2, 0.25) is 0 Å². The van der Waals surface area contributed by atoms with Crippen LogP contribution in [0.1, 0.15) is 41.0 Å². The van der Waals surface area contributed by atoms with Gasteiger partial charge >= 0.3 is 0 Å². The Kier molecular flexibility index (Phi) is 4.99. The highest BCUT2D eigenvalue weighted by Gasteiger charge is 2.28. The van der Waals surface area contributed by atoms with Gasteiger partial charge in [-0.1, -0.05) is 31.1 Å². The number of carbonyl (C=O) groups is 1. The maximum atomic E-state index is 13.1. The van der Waals surface area contributed by atoms with Gasteiger partial charge in [-0.05, 0) is 36.2 Å². The summed E-state index contributed by atoms with van der Waals surface area (Å²) in [6.45, 7) is 4.47. The van der Waals surface area contributed by atoms with Crippen LogP contribution in [-0.2, 0) is 6.61 Å². The smallest absolute Gasteiger partial charge is 0.262 e. The van der Waals surface area contributed by atoms with Crippen molar-refractivity contribution in [3.63, 3.8) is 0 Å². The molecule has 0 aliphatic carbocycles. The minimum atomic E-state index is -0.404. The monoisotopic (exact) mass is 432 g/mol. The van der Waals surface area contributed by atoms with Gasteiger partial charge in [-0.2, -0.15) is 4.98 Å². The highest BCUT2D eigenvalue weighted by molar-refractivity contribution is 7.17. The number of carbonyl (C=O) groups excluding carboxylic acids is 1. The quantitative estimate of drug-likeness (QED) is 0.483. The Morgan fingerprint density at radius 1 is 1.16 bits per heavy atom. The summed E-state index contributed by atoms with van der Waals surface area (Å²) in [4.78, 5) is 23.3. The van der Waals surface area contributed by atoms with Crippen molar-refractivity contribution in [2.45, 2.75) is 26.5 Å². The molecule has 1 atom stereocenters. The largest absolute Gasteiger partial charge is 0.488 e. The molecule has 1 unspecified atom stereocenters. The van der Waals surface area contributed by atoms with Crippen molar-refractivity contribution in [1.82, 2.24) is 20.4 Å². The first-order chi connectivity index (χ1) is 15.1. The summed E-state index contributed by atoms with van der Waals surface area (Å²) in [7, 11) is 0. The van der Waals surface area contributed by atoms with Crippen LogP contribution in [0.4, 0.5) is 0 Å². The summed E-state index contributed by atoms with van der Waals surface area (Å²) in [6, 6.07) is 13.0. The van der Waals surface area contributed by atoms with Crippen molar-refractivity contribution in [2.24, 2.45) is 5.92 Å². The molecule has 4 aromatic rings. The fraction of sp³-hybridized carbons (Fsp3) is 0.217. The predicted octanol–water partition coefficient (Wildman–Crippen LogP) is 4.88. The van der Waals surface area contributed by atoms with Gasteiger partial charge in [0.1, 0.15) is 18.4 Å². The lowest BCUT2D eigenvalue weighted by atomic mass is 10.0. The molecule has 3 aromatic heterocycles. The number of nitrogens with zero attached hydrogens (tertiary/aromatic N) is 3. The second kappa shape index (κ2) is 7.96. The van der Waals surface area contributed by atoms with Crippen molar-refractivity contribution >= 4 is 17.2 Å². The van der Waals surface area contributed by atoms with Crippen LogP contribution in [0.3, 0.4) is 0 Å². The van der Waals surface area contributed by atoms with Gasteiger partial charge in [-0.3, -0.25) is 9.78 Å². The second-order valence-electron chi connectivity index (χ2n) is 7.64. The molecule has 156 valence electrons. The Morgan fingerprint density at radius 3 is 2.77 bits per heavy atom. The first-order valence-electron chi connectivity index (χ1n) is 10.00. The maximum absolute atomic E-state index is 13.1. The predicted molar refractivity (Wildman–Crippen MR) is 117 cm³/mol. The van der Waals surface area contributed by atoms with Crippen molar-refractivity contribution in [2.75, 3.05) is 0 Å². The zero-order valence-electron chi connectivity index (χ0n) is 17.0. The number of amides is 1. The molecule has 1 amide bonds. The summed E-state index contributed by atoms with van der Waals surface area (Å²) in [6.07, 6.45) is 3.35. The van der Waals surface area contributed by atoms with Crippen LogP contribution in [0.5, 0.6) is 5.75 Å². The Labute approximate surface area is 183 Å². The van der Waals surface area contributed by atoms with Gasteiger partial charge in [0.2, 0.25) is 11.7 Å². The van der Waals surface area contributed by atoms with E-state index < -0.39 is 6.04 Å². The Bertz CT molecular complexity index is 1230. The van der Waals surface area contributed by atoms with Crippen molar-refractivity contribution in [3.8, 4) is 27.6 Å². The number of hydrogen-bond donors (Lipinski definition) is 1. The Morgan fingerprint density at radius 2 is 1.97 bits per heavy atom. The third-order valence-electron chi connectivity index (χ3n) is 5.15. The first kappa shape index (κ1) is 19.4. The van der Waals surface area contributed by atoms with Crippen LogP contribution in [0.25, 0.3) is 21.8 Å². The minimum absolute atomic E-state index is 0.0633. The molecule has 1 N–H and O–H groups in total. The molecule has 1 aliphatic heterocycles.